The molecule has 14 nitrogen and oxygen atoms in total. The van der Waals surface area contributed by atoms with Crippen LogP contribution in [-0.4, -0.2) is 98.5 Å². The van der Waals surface area contributed by atoms with Crippen LogP contribution in [0.15, 0.2) is 90.6 Å². The zero-order valence-electron chi connectivity index (χ0n) is 40.8. The van der Waals surface area contributed by atoms with Gasteiger partial charge in [-0.1, -0.05) is 75.5 Å². The first-order valence-corrected chi connectivity index (χ1v) is 24.8. The van der Waals surface area contributed by atoms with Crippen molar-refractivity contribution in [3.8, 4) is 27.6 Å². The van der Waals surface area contributed by atoms with E-state index in [1.54, 1.807) is 60.0 Å². The van der Waals surface area contributed by atoms with E-state index in [2.05, 4.69) is 25.9 Å². The number of unbranched alkanes of at least 4 members (excludes halogenated alkanes) is 1. The van der Waals surface area contributed by atoms with E-state index in [1.807, 2.05) is 76.2 Å². The van der Waals surface area contributed by atoms with Crippen molar-refractivity contribution >= 4 is 63.6 Å². The number of anilines is 2. The molecule has 2 aliphatic rings. The molecule has 2 aromatic heterocycles. The fraction of sp³-hybridized carbons (Fsp3) is 0.396. The Hall–Kier alpha value is -6.59. The molecule has 2 saturated heterocycles. The summed E-state index contributed by atoms with van der Waals surface area (Å²) < 4.78 is 47.0. The first-order valence-electron chi connectivity index (χ1n) is 23.5. The van der Waals surface area contributed by atoms with Crippen LogP contribution in [0.2, 0.25) is 0 Å². The molecule has 4 atom stereocenters. The first-order chi connectivity index (χ1) is 34.1. The van der Waals surface area contributed by atoms with E-state index in [1.165, 1.54) is 11.0 Å². The van der Waals surface area contributed by atoms with Crippen LogP contribution in [-0.2, 0) is 36.6 Å². The summed E-state index contributed by atoms with van der Waals surface area (Å²) in [5.74, 6) is -2.13. The average Bonchev–Trinajstić information content (AvgIpc) is 4.01. The van der Waals surface area contributed by atoms with Gasteiger partial charge in [0.1, 0.15) is 24.5 Å². The fourth-order valence-corrected chi connectivity index (χ4v) is 10.4. The summed E-state index contributed by atoms with van der Waals surface area (Å²) in [5.41, 5.74) is 3.49. The molecule has 2 unspecified atom stereocenters. The van der Waals surface area contributed by atoms with Gasteiger partial charge in [-0.05, 0) is 97.7 Å². The number of aliphatic hydroxyl groups is 1. The number of ether oxygens (including phenoxy) is 1. The van der Waals surface area contributed by atoms with E-state index in [-0.39, 0.29) is 48.4 Å². The number of likely N-dealkylation sites (tertiary alicyclic amines) is 1. The summed E-state index contributed by atoms with van der Waals surface area (Å²) in [7, 11) is 0. The number of thiocarbonyl (C=S) groups is 1. The minimum Gasteiger partial charge on any atom is -0.391 e. The Morgan fingerprint density at radius 1 is 0.986 bits per heavy atom. The Bertz CT molecular complexity index is 2840. The minimum absolute atomic E-state index is 0.0330. The van der Waals surface area contributed by atoms with E-state index in [0.717, 1.165) is 45.0 Å². The quantitative estimate of drug-likeness (QED) is 0.0515. The molecule has 3 amide bonds. The molecule has 2 aliphatic heterocycles. The molecule has 0 spiro atoms. The molecule has 4 heterocycles. The van der Waals surface area contributed by atoms with Crippen LogP contribution in [0, 0.1) is 23.7 Å². The van der Waals surface area contributed by atoms with Gasteiger partial charge in [0.05, 0.1) is 55.8 Å². The third kappa shape index (κ3) is 12.0. The van der Waals surface area contributed by atoms with Gasteiger partial charge >= 0.3 is 6.18 Å². The number of Topliss-reactive ketones (excluding diaryl/α,β-unsaturated/α-hetero) is 1. The summed E-state index contributed by atoms with van der Waals surface area (Å²) in [5, 5.41) is 28.8. The molecule has 0 radical (unpaired) electrons. The Balaban J connectivity index is 0.841. The van der Waals surface area contributed by atoms with Gasteiger partial charge in [-0.25, -0.2) is 9.97 Å². The second-order valence-corrected chi connectivity index (χ2v) is 20.8. The van der Waals surface area contributed by atoms with Crippen molar-refractivity contribution in [2.24, 2.45) is 5.41 Å². The number of aliphatic hydroxyl groups excluding tert-OH is 1. The highest BCUT2D eigenvalue weighted by Crippen LogP contribution is 2.43. The zero-order valence-corrected chi connectivity index (χ0v) is 42.4. The molecule has 72 heavy (non-hydrogen) atoms. The molecular formula is C53H57F3N8O6S2. The smallest absolute Gasteiger partial charge is 0.391 e. The predicted octanol–water partition coefficient (Wildman–Crippen LogP) is 8.37. The number of alkyl halides is 3. The zero-order chi connectivity index (χ0) is 52.1. The highest BCUT2D eigenvalue weighted by atomic mass is 32.1. The second kappa shape index (κ2) is 22.0. The fourth-order valence-electron chi connectivity index (χ4n) is 8.96. The lowest BCUT2D eigenvalue weighted by Crippen LogP contribution is -2.58. The van der Waals surface area contributed by atoms with Crippen LogP contribution in [0.5, 0.6) is 0 Å². The van der Waals surface area contributed by atoms with Crippen LogP contribution in [0.1, 0.15) is 87.7 Å². The van der Waals surface area contributed by atoms with Crippen molar-refractivity contribution in [2.45, 2.75) is 103 Å². The maximum atomic E-state index is 14.0. The lowest BCUT2D eigenvalue weighted by Gasteiger charge is -2.35. The molecule has 19 heteroatoms. The molecular weight excluding hydrogens is 966 g/mol. The topological polar surface area (TPSA) is 190 Å². The monoisotopic (exact) mass is 1020 g/mol. The number of β-amino-alcohol motifs (C(OH)–C–C–N with tert-alkyl or cyclic N) is 1. The van der Waals surface area contributed by atoms with Crippen molar-refractivity contribution in [3.63, 3.8) is 0 Å². The second-order valence-electron chi connectivity index (χ2n) is 19.6. The molecule has 5 aromatic rings. The summed E-state index contributed by atoms with van der Waals surface area (Å²) in [6.45, 7) is 11.6. The SMILES string of the molecule is Cc1ncsc1-c1ccc(CNC(=O)[C@@H]2C[C@@H](O)CN2C(=O)C(NC(=O)COCCCCNc2ccc(-c3ccc(N4C(=S)C(c5ccc(C#N)c(C(F)(F)F)c5)C(=O)C4(C)C)cc3)cn2)C(C)(C)C)cc1. The molecule has 0 saturated carbocycles. The average molecular weight is 1020 g/mol. The molecule has 3 aromatic carbocycles. The number of hydrogen-bond acceptors (Lipinski definition) is 12. The number of nitriles is 1. The number of pyridine rings is 1. The molecule has 378 valence electrons. The lowest BCUT2D eigenvalue weighted by atomic mass is 9.85. The number of benzene rings is 3. The third-order valence-electron chi connectivity index (χ3n) is 12.9. The van der Waals surface area contributed by atoms with Gasteiger partial charge in [0.15, 0.2) is 5.78 Å². The summed E-state index contributed by atoms with van der Waals surface area (Å²) >= 11 is 7.30. The third-order valence-corrected chi connectivity index (χ3v) is 14.3. The number of ketones is 1. The van der Waals surface area contributed by atoms with Gasteiger partial charge in [0.25, 0.3) is 0 Å². The molecule has 7 rings (SSSR count). The Morgan fingerprint density at radius 2 is 1.68 bits per heavy atom. The Labute approximate surface area is 426 Å². The van der Waals surface area contributed by atoms with Crippen LogP contribution in [0.25, 0.3) is 21.6 Å². The number of hydrogen-bond donors (Lipinski definition) is 4. The van der Waals surface area contributed by atoms with Gasteiger partial charge in [0.2, 0.25) is 17.7 Å². The Kier molecular flexibility index (Phi) is 16.3. The number of nitrogens with zero attached hydrogens (tertiary/aromatic N) is 5. The minimum atomic E-state index is -4.78. The van der Waals surface area contributed by atoms with Crippen LogP contribution >= 0.6 is 23.6 Å². The summed E-state index contributed by atoms with van der Waals surface area (Å²) in [6, 6.07) is 21.8. The highest BCUT2D eigenvalue weighted by molar-refractivity contribution is 7.80. The molecule has 0 bridgehead atoms. The summed E-state index contributed by atoms with van der Waals surface area (Å²) in [4.78, 5) is 67.4. The maximum Gasteiger partial charge on any atom is 0.417 e. The highest BCUT2D eigenvalue weighted by Gasteiger charge is 2.52. The van der Waals surface area contributed by atoms with Gasteiger partial charge in [-0.15, -0.1) is 11.3 Å². The number of thiazole rings is 1. The van der Waals surface area contributed by atoms with Crippen molar-refractivity contribution in [3.05, 3.63) is 119 Å². The summed E-state index contributed by atoms with van der Waals surface area (Å²) in [6.07, 6.45) is -2.53. The predicted molar refractivity (Wildman–Crippen MR) is 273 cm³/mol. The van der Waals surface area contributed by atoms with Gasteiger partial charge < -0.3 is 35.6 Å². The van der Waals surface area contributed by atoms with E-state index >= 15 is 0 Å². The van der Waals surface area contributed by atoms with Crippen molar-refractivity contribution in [2.75, 3.05) is 36.5 Å². The number of halogens is 3. The number of rotatable bonds is 17. The number of amides is 3. The van der Waals surface area contributed by atoms with Crippen molar-refractivity contribution in [1.29, 1.82) is 5.26 Å². The Morgan fingerprint density at radius 3 is 2.31 bits per heavy atom. The first kappa shape index (κ1) is 53.2. The molecule has 2 fully saturated rings. The number of aryl methyl sites for hydroxylation is 1. The van der Waals surface area contributed by atoms with E-state index in [0.29, 0.717) is 37.5 Å². The number of nitrogens with one attached hydrogen (secondary N) is 3. The van der Waals surface area contributed by atoms with Gasteiger partial charge in [0, 0.05) is 50.1 Å². The normalized spacial score (nSPS) is 18.2. The lowest BCUT2D eigenvalue weighted by molar-refractivity contribution is -0.144. The number of carbonyl (C=O) groups is 4. The molecule has 0 aliphatic carbocycles. The van der Waals surface area contributed by atoms with E-state index < -0.39 is 64.2 Å². The largest absolute Gasteiger partial charge is 0.417 e. The number of carbonyl (C=O) groups excluding carboxylic acids is 4. The van der Waals surface area contributed by atoms with Crippen LogP contribution in [0.3, 0.4) is 0 Å². The van der Waals surface area contributed by atoms with Gasteiger partial charge in [-0.3, -0.25) is 19.2 Å². The van der Waals surface area contributed by atoms with Crippen LogP contribution < -0.4 is 20.9 Å². The van der Waals surface area contributed by atoms with Crippen molar-refractivity contribution < 1.29 is 42.2 Å². The molecule has 4 N–H and O–H groups in total. The maximum absolute atomic E-state index is 14.0. The number of aromatic nitrogens is 2. The standard InChI is InChI=1S/C53H57F3N8O6S2/c1-31-45(72-30-61-31)34-11-9-32(10-12-34)26-60-48(68)41-24-39(65)28-63(41)49(69)46(51(2,3)4)62-43(66)29-70-22-8-7-21-58-42-20-17-37(27-59-42)33-15-18-38(19-16-33)64-50(71)44(47(67)52(64,5)6)35-13-14-36(25-57)40(23-35)53(54,55)56/h9-20,23,27,30,39,41,44,46,65H,7-8,21-22,24,26,28-29H2,1-6H3,(H,58,59)(H,60,68)(H,62,66)/t39-,41+,44?,46?/m1/s1. The van der Waals surface area contributed by atoms with Gasteiger partial charge in [-0.2, -0.15) is 18.4 Å². The van der Waals surface area contributed by atoms with Crippen molar-refractivity contribution in [1.82, 2.24) is 25.5 Å². The van der Waals surface area contributed by atoms with E-state index in [4.69, 9.17) is 17.0 Å². The van der Waals surface area contributed by atoms with Crippen LogP contribution in [0.4, 0.5) is 24.7 Å². The van der Waals surface area contributed by atoms with E-state index in [9.17, 15) is 42.7 Å².